The van der Waals surface area contributed by atoms with Crippen LogP contribution in [0, 0.1) is 6.92 Å². The van der Waals surface area contributed by atoms with E-state index < -0.39 is 12.1 Å². The van der Waals surface area contributed by atoms with Crippen LogP contribution in [0.2, 0.25) is 5.02 Å². The Morgan fingerprint density at radius 2 is 1.91 bits per heavy atom. The van der Waals surface area contributed by atoms with E-state index in [9.17, 15) is 22.8 Å². The molecule has 0 saturated carbocycles. The van der Waals surface area contributed by atoms with E-state index >= 15 is 0 Å². The second-order valence-electron chi connectivity index (χ2n) is 7.95. The molecule has 1 amide bonds. The number of carbonyl (C=O) groups excluding carboxylic acids is 1. The zero-order valence-electron chi connectivity index (χ0n) is 18.6. The maximum absolute atomic E-state index is 12.7. The van der Waals surface area contributed by atoms with Gasteiger partial charge in [-0.1, -0.05) is 23.7 Å². The average Bonchev–Trinajstić information content (AvgIpc) is 3.44. The summed E-state index contributed by atoms with van der Waals surface area (Å²) in [6, 6.07) is 9.32. The van der Waals surface area contributed by atoms with E-state index in [0.717, 1.165) is 31.5 Å². The first-order valence-corrected chi connectivity index (χ1v) is 11.0. The molecular weight excluding hydrogens is 491 g/mol. The number of nitrogens with zero attached hydrogens (tertiary/aromatic N) is 3. The number of hydrogen-bond donors (Lipinski definition) is 3. The number of hydrogen-bond acceptors (Lipinski definition) is 5. The predicted octanol–water partition coefficient (Wildman–Crippen LogP) is 3.18. The fourth-order valence-electron chi connectivity index (χ4n) is 3.74. The van der Waals surface area contributed by atoms with Gasteiger partial charge in [0.25, 0.3) is 11.5 Å². The maximum atomic E-state index is 12.7. The minimum atomic E-state index is -5.08. The van der Waals surface area contributed by atoms with E-state index in [2.05, 4.69) is 20.3 Å². The largest absolute Gasteiger partial charge is 0.490 e. The summed E-state index contributed by atoms with van der Waals surface area (Å²) in [7, 11) is 0. The summed E-state index contributed by atoms with van der Waals surface area (Å²) in [6.07, 6.45) is -1.09. The Bertz CT molecular complexity index is 1270. The van der Waals surface area contributed by atoms with Crippen molar-refractivity contribution in [3.63, 3.8) is 0 Å². The van der Waals surface area contributed by atoms with Gasteiger partial charge in [0.1, 0.15) is 5.52 Å². The number of carboxylic acids is 1. The minimum absolute atomic E-state index is 0.0489. The molecule has 188 valence electrons. The number of aromatic nitrogens is 3. The Kier molecular flexibility index (Phi) is 8.18. The van der Waals surface area contributed by atoms with Crippen LogP contribution in [0.5, 0.6) is 0 Å². The van der Waals surface area contributed by atoms with E-state index in [4.69, 9.17) is 21.5 Å². The van der Waals surface area contributed by atoms with Gasteiger partial charge in [-0.05, 0) is 50.6 Å². The van der Waals surface area contributed by atoms with E-state index in [1.807, 2.05) is 24.3 Å². The third kappa shape index (κ3) is 6.83. The summed E-state index contributed by atoms with van der Waals surface area (Å²) in [5, 5.41) is 15.0. The van der Waals surface area contributed by atoms with E-state index in [1.165, 1.54) is 10.6 Å². The summed E-state index contributed by atoms with van der Waals surface area (Å²) in [5.74, 6) is -3.06. The Morgan fingerprint density at radius 3 is 2.51 bits per heavy atom. The molecule has 35 heavy (non-hydrogen) atoms. The Hall–Kier alpha value is -3.38. The van der Waals surface area contributed by atoms with Crippen LogP contribution in [0.3, 0.4) is 0 Å². The first-order valence-electron chi connectivity index (χ1n) is 10.6. The van der Waals surface area contributed by atoms with Gasteiger partial charge in [-0.3, -0.25) is 14.5 Å². The van der Waals surface area contributed by atoms with Gasteiger partial charge in [0, 0.05) is 29.5 Å². The quantitative estimate of drug-likeness (QED) is 0.482. The zero-order valence-corrected chi connectivity index (χ0v) is 19.4. The van der Waals surface area contributed by atoms with Gasteiger partial charge >= 0.3 is 12.1 Å². The van der Waals surface area contributed by atoms with Crippen molar-refractivity contribution in [1.82, 2.24) is 24.8 Å². The van der Waals surface area contributed by atoms with Crippen LogP contribution < -0.4 is 10.9 Å². The van der Waals surface area contributed by atoms with E-state index in [-0.39, 0.29) is 23.2 Å². The second kappa shape index (κ2) is 10.9. The van der Waals surface area contributed by atoms with Gasteiger partial charge in [0.15, 0.2) is 5.69 Å². The molecule has 1 unspecified atom stereocenters. The molecular formula is C22H23ClF3N5O4. The number of likely N-dealkylation sites (tertiary alicyclic amines) is 1. The van der Waals surface area contributed by atoms with Crippen molar-refractivity contribution >= 4 is 29.0 Å². The highest BCUT2D eigenvalue weighted by molar-refractivity contribution is 6.30. The van der Waals surface area contributed by atoms with E-state index in [0.29, 0.717) is 22.8 Å². The van der Waals surface area contributed by atoms with Gasteiger partial charge in [-0.25, -0.2) is 9.31 Å². The van der Waals surface area contributed by atoms with Crippen LogP contribution in [0.15, 0.2) is 41.3 Å². The monoisotopic (exact) mass is 513 g/mol. The van der Waals surface area contributed by atoms with Gasteiger partial charge in [0.05, 0.1) is 6.04 Å². The molecule has 0 aliphatic carbocycles. The lowest BCUT2D eigenvalue weighted by Gasteiger charge is -2.28. The minimum Gasteiger partial charge on any atom is -0.475 e. The number of rotatable bonds is 5. The number of aliphatic carboxylic acids is 1. The Balaban J connectivity index is 0.000000429. The number of fused-ring (bicyclic) bond motifs is 1. The third-order valence-electron chi connectivity index (χ3n) is 5.34. The molecule has 3 aromatic rings. The fraction of sp³-hybridized carbons (Fsp3) is 0.364. The van der Waals surface area contributed by atoms with Crippen LogP contribution in [0.1, 0.15) is 40.6 Å². The van der Waals surface area contributed by atoms with Gasteiger partial charge in [0.2, 0.25) is 0 Å². The molecule has 0 bridgehead atoms. The number of aryl methyl sites for hydroxylation is 1. The Labute approximate surface area is 202 Å². The lowest BCUT2D eigenvalue weighted by Crippen LogP contribution is -2.37. The van der Waals surface area contributed by atoms with Gasteiger partial charge in [-0.15, -0.1) is 0 Å². The molecule has 13 heteroatoms. The second-order valence-corrected chi connectivity index (χ2v) is 8.39. The number of benzene rings is 1. The number of amides is 1. The molecule has 1 aliphatic heterocycles. The van der Waals surface area contributed by atoms with Crippen molar-refractivity contribution < 1.29 is 27.9 Å². The maximum Gasteiger partial charge on any atom is 0.490 e. The molecule has 3 heterocycles. The fourth-order valence-corrected chi connectivity index (χ4v) is 3.94. The Morgan fingerprint density at radius 1 is 1.26 bits per heavy atom. The number of nitrogens with one attached hydrogen (secondary N) is 2. The number of aromatic amines is 1. The SMILES string of the molecule is Cc1cn2nc(C(=O)NCC(c3cccc(Cl)c3)N3CCCC3)cc2c(=O)[nH]1.O=C(O)C(F)(F)F. The molecule has 1 aromatic carbocycles. The van der Waals surface area contributed by atoms with E-state index in [1.54, 1.807) is 13.1 Å². The number of alkyl halides is 3. The number of H-pyrrole nitrogens is 1. The number of carboxylic acid groups (broad SMARTS) is 1. The first kappa shape index (κ1) is 26.2. The van der Waals surface area contributed by atoms with Crippen LogP contribution in [0.4, 0.5) is 13.2 Å². The average molecular weight is 514 g/mol. The summed E-state index contributed by atoms with van der Waals surface area (Å²) in [5.41, 5.74) is 2.07. The van der Waals surface area contributed by atoms with Crippen LogP contribution in [-0.2, 0) is 4.79 Å². The molecule has 3 N–H and O–H groups in total. The molecule has 0 spiro atoms. The highest BCUT2D eigenvalue weighted by Gasteiger charge is 2.38. The van der Waals surface area contributed by atoms with Crippen molar-refractivity contribution in [1.29, 1.82) is 0 Å². The third-order valence-corrected chi connectivity index (χ3v) is 5.58. The normalized spacial score (nSPS) is 14.9. The molecule has 1 fully saturated rings. The lowest BCUT2D eigenvalue weighted by molar-refractivity contribution is -0.192. The van der Waals surface area contributed by atoms with Crippen molar-refractivity contribution in [2.45, 2.75) is 32.0 Å². The molecule has 0 radical (unpaired) electrons. The zero-order chi connectivity index (χ0) is 25.8. The highest BCUT2D eigenvalue weighted by atomic mass is 35.5. The lowest BCUT2D eigenvalue weighted by atomic mass is 10.1. The smallest absolute Gasteiger partial charge is 0.475 e. The van der Waals surface area contributed by atoms with Crippen LogP contribution in [0.25, 0.3) is 5.52 Å². The number of carbonyl (C=O) groups is 2. The molecule has 1 saturated heterocycles. The predicted molar refractivity (Wildman–Crippen MR) is 122 cm³/mol. The van der Waals surface area contributed by atoms with Crippen molar-refractivity contribution in [3.8, 4) is 0 Å². The molecule has 9 nitrogen and oxygen atoms in total. The molecule has 1 aliphatic rings. The summed E-state index contributed by atoms with van der Waals surface area (Å²) in [4.78, 5) is 38.7. The summed E-state index contributed by atoms with van der Waals surface area (Å²) in [6.45, 7) is 4.21. The van der Waals surface area contributed by atoms with Crippen molar-refractivity contribution in [2.75, 3.05) is 19.6 Å². The summed E-state index contributed by atoms with van der Waals surface area (Å²) >= 11 is 6.18. The topological polar surface area (TPSA) is 120 Å². The molecule has 2 aromatic heterocycles. The van der Waals surface area contributed by atoms with Gasteiger partial charge < -0.3 is 15.4 Å². The summed E-state index contributed by atoms with van der Waals surface area (Å²) < 4.78 is 33.2. The standard InChI is InChI=1S/C20H22ClN5O2.C2HF3O2/c1-13-12-26-17(20(28)23-13)10-16(24-26)19(27)22-11-18(25-7-2-3-8-25)14-5-4-6-15(21)9-14;3-2(4,5)1(6)7/h4-6,9-10,12,18H,2-3,7-8,11H2,1H3,(H,22,27)(H,23,28);(H,6,7). The first-order chi connectivity index (χ1) is 16.5. The highest BCUT2D eigenvalue weighted by Crippen LogP contribution is 2.26. The molecule has 1 atom stereocenters. The van der Waals surface area contributed by atoms with Crippen molar-refractivity contribution in [2.24, 2.45) is 0 Å². The van der Waals surface area contributed by atoms with Crippen LogP contribution >= 0.6 is 11.6 Å². The number of halogens is 4. The van der Waals surface area contributed by atoms with Gasteiger partial charge in [-0.2, -0.15) is 18.3 Å². The van der Waals surface area contributed by atoms with Crippen molar-refractivity contribution in [3.05, 3.63) is 68.9 Å². The van der Waals surface area contributed by atoms with Crippen LogP contribution in [-0.4, -0.2) is 62.3 Å². The molecule has 4 rings (SSSR count).